The maximum atomic E-state index is 11.9. The molecule has 1 amide bonds. The minimum atomic E-state index is -1.07. The molecule has 1 fully saturated rings. The van der Waals surface area contributed by atoms with E-state index in [1.807, 2.05) is 12.3 Å². The number of carboxylic acid groups (broad SMARTS) is 1. The summed E-state index contributed by atoms with van der Waals surface area (Å²) < 4.78 is 0. The molecule has 1 atom stereocenters. The van der Waals surface area contributed by atoms with Crippen molar-refractivity contribution in [1.82, 2.24) is 9.88 Å². The minimum Gasteiger partial charge on any atom is -0.477 e. The highest BCUT2D eigenvalue weighted by molar-refractivity contribution is 8.03. The first-order chi connectivity index (χ1) is 8.58. The van der Waals surface area contributed by atoms with Gasteiger partial charge in [0.25, 0.3) is 5.91 Å². The van der Waals surface area contributed by atoms with Gasteiger partial charge in [-0.1, -0.05) is 0 Å². The summed E-state index contributed by atoms with van der Waals surface area (Å²) in [6, 6.07) is 0. The highest BCUT2D eigenvalue weighted by Crippen LogP contribution is 2.45. The molecule has 1 N–H and O–H groups in total. The van der Waals surface area contributed by atoms with Gasteiger partial charge < -0.3 is 5.11 Å². The number of aryl methyl sites for hydroxylation is 1. The normalized spacial score (nSPS) is 23.9. The molecule has 0 aromatic carbocycles. The Morgan fingerprint density at radius 2 is 2.39 bits per heavy atom. The molecule has 0 saturated carbocycles. The van der Waals surface area contributed by atoms with Crippen LogP contribution in [0, 0.1) is 6.92 Å². The number of hydrogen-bond donors (Lipinski definition) is 1. The van der Waals surface area contributed by atoms with Gasteiger partial charge in [-0.25, -0.2) is 9.78 Å². The van der Waals surface area contributed by atoms with Gasteiger partial charge in [0.05, 0.1) is 16.3 Å². The number of amides is 1. The number of thioether (sulfide) groups is 1. The molecule has 0 bridgehead atoms. The van der Waals surface area contributed by atoms with Crippen molar-refractivity contribution in [3.05, 3.63) is 32.8 Å². The number of rotatable bonds is 2. The van der Waals surface area contributed by atoms with Crippen LogP contribution in [0.3, 0.4) is 0 Å². The van der Waals surface area contributed by atoms with Crippen LogP contribution in [0.4, 0.5) is 0 Å². The third-order valence-corrected chi connectivity index (χ3v) is 4.57. The topological polar surface area (TPSA) is 70.5 Å². The summed E-state index contributed by atoms with van der Waals surface area (Å²) in [6.07, 6.45) is 1.73. The molecule has 0 aliphatic carbocycles. The second-order valence-electron chi connectivity index (χ2n) is 3.86. The highest BCUT2D eigenvalue weighted by atomic mass is 32.2. The standard InChI is InChI=1S/C11H8N2O3S2/c1-5-12-6(3-17-5)2-7-9(14)13-8(11(15)16)4-18-10(7)13/h2-4,10H,1H3,(H,15,16)/b7-2+/t10-/m1/s1. The Kier molecular flexibility index (Phi) is 2.53. The van der Waals surface area contributed by atoms with Crippen molar-refractivity contribution >= 4 is 41.1 Å². The fourth-order valence-electron chi connectivity index (χ4n) is 1.87. The van der Waals surface area contributed by atoms with Crippen molar-refractivity contribution in [3.8, 4) is 0 Å². The number of carboxylic acids is 1. The first kappa shape index (κ1) is 11.5. The van der Waals surface area contributed by atoms with Crippen LogP contribution in [0.15, 0.2) is 22.1 Å². The van der Waals surface area contributed by atoms with Gasteiger partial charge in [-0.3, -0.25) is 9.69 Å². The van der Waals surface area contributed by atoms with Crippen molar-refractivity contribution in [2.75, 3.05) is 0 Å². The number of thiazole rings is 1. The van der Waals surface area contributed by atoms with Crippen LogP contribution < -0.4 is 0 Å². The van der Waals surface area contributed by atoms with E-state index in [0.717, 1.165) is 10.7 Å². The maximum Gasteiger partial charge on any atom is 0.353 e. The number of β-lactam (4-membered cyclic amide) rings is 1. The van der Waals surface area contributed by atoms with E-state index in [2.05, 4.69) is 4.98 Å². The zero-order valence-corrected chi connectivity index (χ0v) is 10.9. The molecule has 1 aromatic heterocycles. The Labute approximate surface area is 111 Å². The molecular formula is C11H8N2O3S2. The average molecular weight is 280 g/mol. The van der Waals surface area contributed by atoms with E-state index in [9.17, 15) is 9.59 Å². The summed E-state index contributed by atoms with van der Waals surface area (Å²) in [5, 5.41) is 13.1. The number of fused-ring (bicyclic) bond motifs is 1. The Balaban J connectivity index is 1.86. The van der Waals surface area contributed by atoms with E-state index in [0.29, 0.717) is 5.57 Å². The lowest BCUT2D eigenvalue weighted by atomic mass is 10.0. The first-order valence-corrected chi connectivity index (χ1v) is 6.96. The minimum absolute atomic E-state index is 0.0570. The zero-order chi connectivity index (χ0) is 12.9. The summed E-state index contributed by atoms with van der Waals surface area (Å²) in [5.41, 5.74) is 1.42. The van der Waals surface area contributed by atoms with Crippen molar-refractivity contribution in [2.24, 2.45) is 0 Å². The van der Waals surface area contributed by atoms with Gasteiger partial charge in [0.2, 0.25) is 0 Å². The van der Waals surface area contributed by atoms with Crippen LogP contribution in [-0.2, 0) is 9.59 Å². The van der Waals surface area contributed by atoms with Crippen LogP contribution in [0.25, 0.3) is 6.08 Å². The molecule has 1 saturated heterocycles. The second kappa shape index (κ2) is 3.96. The van der Waals surface area contributed by atoms with E-state index < -0.39 is 5.97 Å². The summed E-state index contributed by atoms with van der Waals surface area (Å²) in [6.45, 7) is 1.90. The van der Waals surface area contributed by atoms with Gasteiger partial charge in [-0.2, -0.15) is 0 Å². The van der Waals surface area contributed by atoms with E-state index >= 15 is 0 Å². The zero-order valence-electron chi connectivity index (χ0n) is 9.28. The number of hydrogen-bond acceptors (Lipinski definition) is 5. The molecule has 1 aromatic rings. The van der Waals surface area contributed by atoms with Crippen LogP contribution >= 0.6 is 23.1 Å². The molecule has 2 aliphatic heterocycles. The highest BCUT2D eigenvalue weighted by Gasteiger charge is 2.49. The molecule has 3 heterocycles. The van der Waals surface area contributed by atoms with Crippen molar-refractivity contribution in [1.29, 1.82) is 0 Å². The van der Waals surface area contributed by atoms with E-state index in [1.165, 1.54) is 33.4 Å². The first-order valence-electron chi connectivity index (χ1n) is 5.14. The molecular weight excluding hydrogens is 272 g/mol. The molecule has 3 rings (SSSR count). The molecule has 0 radical (unpaired) electrons. The summed E-state index contributed by atoms with van der Waals surface area (Å²) in [4.78, 5) is 28.4. The Morgan fingerprint density at radius 3 is 3.00 bits per heavy atom. The van der Waals surface area contributed by atoms with Gasteiger partial charge >= 0.3 is 5.97 Å². The van der Waals surface area contributed by atoms with Gasteiger partial charge in [0.15, 0.2) is 0 Å². The monoisotopic (exact) mass is 280 g/mol. The number of nitrogens with zero attached hydrogens (tertiary/aromatic N) is 2. The average Bonchev–Trinajstić information content (AvgIpc) is 2.89. The molecule has 92 valence electrons. The number of carbonyl (C=O) groups is 2. The lowest BCUT2D eigenvalue weighted by molar-refractivity contribution is -0.141. The van der Waals surface area contributed by atoms with E-state index in [4.69, 9.17) is 5.11 Å². The van der Waals surface area contributed by atoms with Crippen LogP contribution in [-0.4, -0.2) is 32.2 Å². The second-order valence-corrected chi connectivity index (χ2v) is 5.88. The number of aliphatic carboxylic acids is 1. The summed E-state index contributed by atoms with van der Waals surface area (Å²) >= 11 is 2.85. The third kappa shape index (κ3) is 1.58. The lowest BCUT2D eigenvalue weighted by Crippen LogP contribution is -2.51. The summed E-state index contributed by atoms with van der Waals surface area (Å²) in [5.74, 6) is -1.31. The number of aromatic nitrogens is 1. The largest absolute Gasteiger partial charge is 0.477 e. The van der Waals surface area contributed by atoms with Gasteiger partial charge in [-0.15, -0.1) is 23.1 Å². The van der Waals surface area contributed by atoms with Crippen LogP contribution in [0.2, 0.25) is 0 Å². The van der Waals surface area contributed by atoms with E-state index in [-0.39, 0.29) is 17.0 Å². The molecule has 5 nitrogen and oxygen atoms in total. The molecule has 0 unspecified atom stereocenters. The van der Waals surface area contributed by atoms with Crippen LogP contribution in [0.5, 0.6) is 0 Å². The third-order valence-electron chi connectivity index (χ3n) is 2.69. The van der Waals surface area contributed by atoms with E-state index in [1.54, 1.807) is 6.08 Å². The molecule has 0 spiro atoms. The summed E-state index contributed by atoms with van der Waals surface area (Å²) in [7, 11) is 0. The predicted octanol–water partition coefficient (Wildman–Crippen LogP) is 1.68. The number of carbonyl (C=O) groups excluding carboxylic acids is 1. The smallest absolute Gasteiger partial charge is 0.353 e. The fourth-order valence-corrected chi connectivity index (χ4v) is 3.56. The van der Waals surface area contributed by atoms with Gasteiger partial charge in [-0.05, 0) is 13.0 Å². The van der Waals surface area contributed by atoms with Gasteiger partial charge in [0.1, 0.15) is 11.1 Å². The quantitative estimate of drug-likeness (QED) is 0.659. The Bertz CT molecular complexity index is 618. The molecule has 18 heavy (non-hydrogen) atoms. The maximum absolute atomic E-state index is 11.9. The SMILES string of the molecule is Cc1nc(/C=C2\C(=O)N3C(C(=O)O)=CS[C@H]23)cs1. The predicted molar refractivity (Wildman–Crippen MR) is 68.8 cm³/mol. The van der Waals surface area contributed by atoms with Crippen molar-refractivity contribution in [3.63, 3.8) is 0 Å². The van der Waals surface area contributed by atoms with Crippen molar-refractivity contribution in [2.45, 2.75) is 12.3 Å². The Hall–Kier alpha value is -1.60. The molecule has 2 aliphatic rings. The fraction of sp³-hybridized carbons (Fsp3) is 0.182. The lowest BCUT2D eigenvalue weighted by Gasteiger charge is -2.36. The Morgan fingerprint density at radius 1 is 1.61 bits per heavy atom. The van der Waals surface area contributed by atoms with Gasteiger partial charge in [0, 0.05) is 10.8 Å². The van der Waals surface area contributed by atoms with Crippen LogP contribution in [0.1, 0.15) is 10.7 Å². The van der Waals surface area contributed by atoms with Crippen molar-refractivity contribution < 1.29 is 14.7 Å². The molecule has 7 heteroatoms.